The van der Waals surface area contributed by atoms with Crippen LogP contribution in [0.15, 0.2) is 53.7 Å². The number of hydrogen-bond acceptors (Lipinski definition) is 4. The third-order valence-electron chi connectivity index (χ3n) is 4.15. The van der Waals surface area contributed by atoms with E-state index in [1.807, 2.05) is 30.3 Å². The van der Waals surface area contributed by atoms with Gasteiger partial charge in [-0.05, 0) is 42.5 Å². The summed E-state index contributed by atoms with van der Waals surface area (Å²) in [5, 5.41) is 13.8. The second-order valence-corrected chi connectivity index (χ2v) is 6.84. The zero-order valence-corrected chi connectivity index (χ0v) is 13.7. The fourth-order valence-electron chi connectivity index (χ4n) is 2.96. The van der Waals surface area contributed by atoms with Crippen molar-refractivity contribution in [2.45, 2.75) is 29.8 Å². The third kappa shape index (κ3) is 3.92. The number of aryl methyl sites for hydroxylation is 1. The summed E-state index contributed by atoms with van der Waals surface area (Å²) >= 11 is 1.47. The second kappa shape index (κ2) is 7.15. The van der Waals surface area contributed by atoms with E-state index in [2.05, 4.69) is 16.4 Å². The van der Waals surface area contributed by atoms with Crippen LogP contribution in [0.25, 0.3) is 0 Å². The Labute approximate surface area is 140 Å². The fraction of sp³-hybridized carbons (Fsp3) is 0.333. The minimum atomic E-state index is -0.953. The number of thioether (sulfide) groups is 1. The lowest BCUT2D eigenvalue weighted by Gasteiger charge is -2.34. The van der Waals surface area contributed by atoms with E-state index in [1.54, 1.807) is 12.4 Å². The molecule has 1 amide bonds. The molecule has 1 unspecified atom stereocenters. The lowest BCUT2D eigenvalue weighted by Crippen LogP contribution is -2.43. The van der Waals surface area contributed by atoms with E-state index in [9.17, 15) is 9.90 Å². The Balaban J connectivity index is 1.57. The zero-order chi connectivity index (χ0) is 16.1. The van der Waals surface area contributed by atoms with E-state index < -0.39 is 5.60 Å². The summed E-state index contributed by atoms with van der Waals surface area (Å²) in [5.41, 5.74) is 1.18. The second-order valence-electron chi connectivity index (χ2n) is 5.79. The molecule has 0 aliphatic heterocycles. The highest BCUT2D eigenvalue weighted by molar-refractivity contribution is 8.00. The summed E-state index contributed by atoms with van der Waals surface area (Å²) in [6.07, 6.45) is 6.03. The molecule has 4 nitrogen and oxygen atoms in total. The van der Waals surface area contributed by atoms with E-state index in [-0.39, 0.29) is 12.5 Å². The lowest BCUT2D eigenvalue weighted by molar-refractivity contribution is -0.120. The molecule has 0 saturated carbocycles. The first-order chi connectivity index (χ1) is 11.2. The highest BCUT2D eigenvalue weighted by atomic mass is 32.2. The monoisotopic (exact) mass is 328 g/mol. The van der Waals surface area contributed by atoms with Crippen LogP contribution in [0.4, 0.5) is 0 Å². The maximum atomic E-state index is 12.1. The Morgan fingerprint density at radius 3 is 2.87 bits per heavy atom. The maximum absolute atomic E-state index is 12.1. The van der Waals surface area contributed by atoms with E-state index in [1.165, 1.54) is 17.3 Å². The molecule has 5 heteroatoms. The molecular formula is C18H20N2O2S. The van der Waals surface area contributed by atoms with Crippen LogP contribution < -0.4 is 5.32 Å². The number of pyridine rings is 1. The number of rotatable bonds is 5. The van der Waals surface area contributed by atoms with E-state index in [0.717, 1.165) is 23.3 Å². The highest BCUT2D eigenvalue weighted by Crippen LogP contribution is 2.34. The molecule has 2 aromatic rings. The van der Waals surface area contributed by atoms with Crippen LogP contribution in [0.3, 0.4) is 0 Å². The Morgan fingerprint density at radius 1 is 1.26 bits per heavy atom. The molecule has 0 bridgehead atoms. The number of nitrogens with zero attached hydrogens (tertiary/aromatic N) is 1. The lowest BCUT2D eigenvalue weighted by atomic mass is 9.79. The molecule has 1 aliphatic rings. The predicted octanol–water partition coefficient (Wildman–Crippen LogP) is 2.51. The van der Waals surface area contributed by atoms with Gasteiger partial charge in [-0.15, -0.1) is 11.8 Å². The number of hydrogen-bond donors (Lipinski definition) is 2. The largest absolute Gasteiger partial charge is 0.383 e. The Bertz CT molecular complexity index is 678. The van der Waals surface area contributed by atoms with Crippen molar-refractivity contribution < 1.29 is 9.90 Å². The van der Waals surface area contributed by atoms with Crippen molar-refractivity contribution in [3.8, 4) is 0 Å². The van der Waals surface area contributed by atoms with Gasteiger partial charge < -0.3 is 10.4 Å². The molecular weight excluding hydrogens is 308 g/mol. The zero-order valence-electron chi connectivity index (χ0n) is 12.9. The van der Waals surface area contributed by atoms with Crippen molar-refractivity contribution >= 4 is 17.7 Å². The Morgan fingerprint density at radius 2 is 2.04 bits per heavy atom. The molecule has 0 fully saturated rings. The Hall–Kier alpha value is -1.85. The first-order valence-corrected chi connectivity index (χ1v) is 8.76. The van der Waals surface area contributed by atoms with Crippen LogP contribution in [-0.2, 0) is 16.8 Å². The summed E-state index contributed by atoms with van der Waals surface area (Å²) in [4.78, 5) is 17.0. The van der Waals surface area contributed by atoms with Crippen LogP contribution in [0.2, 0.25) is 0 Å². The topological polar surface area (TPSA) is 62.2 Å². The van der Waals surface area contributed by atoms with Crippen LogP contribution in [-0.4, -0.2) is 28.3 Å². The molecule has 0 saturated heterocycles. The number of benzene rings is 1. The van der Waals surface area contributed by atoms with Gasteiger partial charge in [0.05, 0.1) is 12.3 Å². The summed E-state index contributed by atoms with van der Waals surface area (Å²) < 4.78 is 0. The van der Waals surface area contributed by atoms with Gasteiger partial charge in [-0.3, -0.25) is 9.78 Å². The fourth-order valence-corrected chi connectivity index (χ4v) is 3.68. The van der Waals surface area contributed by atoms with Gasteiger partial charge in [-0.2, -0.15) is 0 Å². The molecule has 0 spiro atoms. The standard InChI is InChI=1S/C18H20N2O2S/c21-17(12-23-15-7-10-19-11-8-15)20-13-18(22)9-3-5-14-4-1-2-6-16(14)18/h1-2,4,6-8,10-11,22H,3,5,9,12-13H2,(H,20,21). The SMILES string of the molecule is O=C(CSc1ccncc1)NCC1(O)CCCc2ccccc21. The van der Waals surface area contributed by atoms with Crippen molar-refractivity contribution in [3.63, 3.8) is 0 Å². The molecule has 2 N–H and O–H groups in total. The van der Waals surface area contributed by atoms with Crippen LogP contribution in [0.5, 0.6) is 0 Å². The summed E-state index contributed by atoms with van der Waals surface area (Å²) in [6.45, 7) is 0.264. The van der Waals surface area contributed by atoms with Gasteiger partial charge in [-0.25, -0.2) is 0 Å². The molecule has 23 heavy (non-hydrogen) atoms. The number of carbonyl (C=O) groups excluding carboxylic acids is 1. The molecule has 1 heterocycles. The molecule has 3 rings (SSSR count). The van der Waals surface area contributed by atoms with Crippen molar-refractivity contribution in [1.82, 2.24) is 10.3 Å². The van der Waals surface area contributed by atoms with E-state index in [0.29, 0.717) is 12.2 Å². The van der Waals surface area contributed by atoms with Crippen LogP contribution in [0, 0.1) is 0 Å². The molecule has 1 aromatic carbocycles. The van der Waals surface area contributed by atoms with E-state index >= 15 is 0 Å². The van der Waals surface area contributed by atoms with Crippen LogP contribution >= 0.6 is 11.8 Å². The number of aliphatic hydroxyl groups is 1. The number of nitrogens with one attached hydrogen (secondary N) is 1. The molecule has 120 valence electrons. The average molecular weight is 328 g/mol. The van der Waals surface area contributed by atoms with E-state index in [4.69, 9.17) is 0 Å². The average Bonchev–Trinajstić information content (AvgIpc) is 2.60. The number of amides is 1. The summed E-state index contributed by atoms with van der Waals surface area (Å²) in [5.74, 6) is 0.269. The molecule has 1 aromatic heterocycles. The number of aromatic nitrogens is 1. The highest BCUT2D eigenvalue weighted by Gasteiger charge is 2.34. The first-order valence-electron chi connectivity index (χ1n) is 7.78. The van der Waals surface area contributed by atoms with Crippen LogP contribution in [0.1, 0.15) is 24.0 Å². The molecule has 1 atom stereocenters. The van der Waals surface area contributed by atoms with Gasteiger partial charge in [0.25, 0.3) is 0 Å². The van der Waals surface area contributed by atoms with Gasteiger partial charge in [0.1, 0.15) is 5.60 Å². The number of carbonyl (C=O) groups is 1. The predicted molar refractivity (Wildman–Crippen MR) is 91.2 cm³/mol. The van der Waals surface area contributed by atoms with Gasteiger partial charge >= 0.3 is 0 Å². The van der Waals surface area contributed by atoms with Gasteiger partial charge in [0.15, 0.2) is 0 Å². The third-order valence-corrected chi connectivity index (χ3v) is 5.16. The smallest absolute Gasteiger partial charge is 0.230 e. The minimum absolute atomic E-state index is 0.0664. The minimum Gasteiger partial charge on any atom is -0.383 e. The first kappa shape index (κ1) is 16.0. The van der Waals surface area contributed by atoms with Gasteiger partial charge in [0, 0.05) is 17.3 Å². The summed E-state index contributed by atoms with van der Waals surface area (Å²) in [6, 6.07) is 11.7. The quantitative estimate of drug-likeness (QED) is 0.828. The maximum Gasteiger partial charge on any atom is 0.230 e. The van der Waals surface area contributed by atoms with Gasteiger partial charge in [-0.1, -0.05) is 24.3 Å². The Kier molecular flexibility index (Phi) is 4.98. The van der Waals surface area contributed by atoms with Crippen molar-refractivity contribution in [1.29, 1.82) is 0 Å². The number of fused-ring (bicyclic) bond motifs is 1. The van der Waals surface area contributed by atoms with Crippen molar-refractivity contribution in [3.05, 3.63) is 59.9 Å². The normalized spacial score (nSPS) is 19.9. The van der Waals surface area contributed by atoms with Crippen molar-refractivity contribution in [2.24, 2.45) is 0 Å². The van der Waals surface area contributed by atoms with Gasteiger partial charge in [0.2, 0.25) is 5.91 Å². The molecule has 1 aliphatic carbocycles. The van der Waals surface area contributed by atoms with Crippen molar-refractivity contribution in [2.75, 3.05) is 12.3 Å². The summed E-state index contributed by atoms with van der Waals surface area (Å²) in [7, 11) is 0. The molecule has 0 radical (unpaired) electrons.